The number of carbonyl (C=O) groups is 4. The number of hydrogen-bond acceptors (Lipinski definition) is 4. The molecule has 3 N–H and O–H groups in total. The van der Waals surface area contributed by atoms with E-state index in [9.17, 15) is 36.7 Å². The first kappa shape index (κ1) is 30.6. The van der Waals surface area contributed by atoms with Crippen LogP contribution in [0.2, 0.25) is 0 Å². The summed E-state index contributed by atoms with van der Waals surface area (Å²) in [6, 6.07) is -0.909. The number of halogens is 5. The van der Waals surface area contributed by atoms with E-state index in [2.05, 4.69) is 21.2 Å². The van der Waals surface area contributed by atoms with Gasteiger partial charge in [0.25, 0.3) is 12.2 Å². The van der Waals surface area contributed by atoms with Crippen LogP contribution < -0.4 is 5.32 Å². The first-order chi connectivity index (χ1) is 15.3. The zero-order valence-electron chi connectivity index (χ0n) is 18.1. The van der Waals surface area contributed by atoms with E-state index in [1.807, 2.05) is 6.92 Å². The number of aliphatic carboxylic acids is 2. The van der Waals surface area contributed by atoms with Gasteiger partial charge in [0.1, 0.15) is 10.9 Å². The Morgan fingerprint density at radius 2 is 1.58 bits per heavy atom. The summed E-state index contributed by atoms with van der Waals surface area (Å²) in [4.78, 5) is 43.4. The Labute approximate surface area is 196 Å². The number of amides is 2. The summed E-state index contributed by atoms with van der Waals surface area (Å²) in [6.45, 7) is 3.86. The molecule has 0 aromatic rings. The third-order valence-electron chi connectivity index (χ3n) is 4.60. The molecule has 0 unspecified atom stereocenters. The number of nitrogens with one attached hydrogen (secondary N) is 1. The van der Waals surface area contributed by atoms with Crippen LogP contribution in [0.15, 0.2) is 24.3 Å². The number of rotatable bonds is 7. The summed E-state index contributed by atoms with van der Waals surface area (Å²) < 4.78 is 47.1. The van der Waals surface area contributed by atoms with Crippen molar-refractivity contribution in [2.24, 2.45) is 11.8 Å². The molecular formula is C20H27BrF4N2O6. The zero-order valence-corrected chi connectivity index (χ0v) is 19.7. The summed E-state index contributed by atoms with van der Waals surface area (Å²) in [5, 5.41) is 19.5. The van der Waals surface area contributed by atoms with E-state index in [4.69, 9.17) is 10.2 Å². The van der Waals surface area contributed by atoms with Crippen molar-refractivity contribution in [1.82, 2.24) is 10.2 Å². The van der Waals surface area contributed by atoms with Crippen LogP contribution >= 0.6 is 15.9 Å². The van der Waals surface area contributed by atoms with E-state index in [0.29, 0.717) is 19.0 Å². The van der Waals surface area contributed by atoms with Gasteiger partial charge in [-0.2, -0.15) is 17.6 Å². The Bertz CT molecular complexity index is 757. The van der Waals surface area contributed by atoms with Gasteiger partial charge in [-0.05, 0) is 25.0 Å². The summed E-state index contributed by atoms with van der Waals surface area (Å²) in [5.41, 5.74) is 0. The van der Waals surface area contributed by atoms with E-state index in [1.165, 1.54) is 0 Å². The number of alkyl halides is 1. The van der Waals surface area contributed by atoms with E-state index >= 15 is 0 Å². The number of likely N-dealkylation sites (tertiary alicyclic amines) is 1. The fourth-order valence-electron chi connectivity index (χ4n) is 2.98. The van der Waals surface area contributed by atoms with Crippen LogP contribution in [0.25, 0.3) is 0 Å². The van der Waals surface area contributed by atoms with Gasteiger partial charge < -0.3 is 20.4 Å². The smallest absolute Gasteiger partial charge is 0.326 e. The molecule has 2 fully saturated rings. The van der Waals surface area contributed by atoms with Gasteiger partial charge in [0.2, 0.25) is 11.8 Å². The maximum atomic E-state index is 12.0. The minimum absolute atomic E-state index is 0.0406. The Morgan fingerprint density at radius 1 is 1.03 bits per heavy atom. The average molecular weight is 547 g/mol. The number of nitrogens with zero attached hydrogens (tertiary/aromatic N) is 1. The predicted molar refractivity (Wildman–Crippen MR) is 114 cm³/mol. The fourth-order valence-corrected chi connectivity index (χ4v) is 2.98. The van der Waals surface area contributed by atoms with Crippen LogP contribution in [0.1, 0.15) is 39.5 Å². The molecule has 0 bridgehead atoms. The van der Waals surface area contributed by atoms with E-state index in [-0.39, 0.29) is 48.4 Å². The van der Waals surface area contributed by atoms with Crippen molar-refractivity contribution in [3.05, 3.63) is 24.3 Å². The highest BCUT2D eigenvalue weighted by Crippen LogP contribution is 2.24. The molecular weight excluding hydrogens is 520 g/mol. The van der Waals surface area contributed by atoms with Crippen LogP contribution in [-0.2, 0) is 19.2 Å². The second kappa shape index (κ2) is 15.4. The lowest BCUT2D eigenvalue weighted by atomic mass is 10.1. The van der Waals surface area contributed by atoms with Crippen LogP contribution in [0.5, 0.6) is 0 Å². The molecule has 2 amide bonds. The monoisotopic (exact) mass is 546 g/mol. The van der Waals surface area contributed by atoms with Gasteiger partial charge in [-0.25, -0.2) is 4.79 Å². The molecule has 33 heavy (non-hydrogen) atoms. The van der Waals surface area contributed by atoms with Gasteiger partial charge in [-0.3, -0.25) is 14.4 Å². The van der Waals surface area contributed by atoms with Gasteiger partial charge in [0.05, 0.1) is 0 Å². The second-order valence-corrected chi connectivity index (χ2v) is 8.27. The molecule has 8 nitrogen and oxygen atoms in total. The van der Waals surface area contributed by atoms with E-state index < -0.39 is 36.1 Å². The first-order valence-corrected chi connectivity index (χ1v) is 10.9. The SMILES string of the molecule is CC[C@@H](Br)C(=O)O.CC[C@@H](C(=O)O)N1C[C@H](C=C(F)F)CC1=O.O=C1C[C@@H](C=C(F)F)CN1. The summed E-state index contributed by atoms with van der Waals surface area (Å²) in [7, 11) is 0. The van der Waals surface area contributed by atoms with Gasteiger partial charge >= 0.3 is 11.9 Å². The van der Waals surface area contributed by atoms with Crippen LogP contribution in [0, 0.1) is 11.8 Å². The van der Waals surface area contributed by atoms with Crippen molar-refractivity contribution in [3.8, 4) is 0 Å². The lowest BCUT2D eigenvalue weighted by molar-refractivity contribution is -0.148. The molecule has 13 heteroatoms. The van der Waals surface area contributed by atoms with Gasteiger partial charge in [-0.15, -0.1) is 0 Å². The fraction of sp³-hybridized carbons (Fsp3) is 0.600. The number of carbonyl (C=O) groups excluding carboxylic acids is 2. The van der Waals surface area contributed by atoms with Crippen LogP contribution in [0.4, 0.5) is 17.6 Å². The quantitative estimate of drug-likeness (QED) is 0.331. The largest absolute Gasteiger partial charge is 0.480 e. The Morgan fingerprint density at radius 3 is 1.91 bits per heavy atom. The molecule has 0 radical (unpaired) electrons. The highest BCUT2D eigenvalue weighted by molar-refractivity contribution is 9.10. The normalized spacial score (nSPS) is 20.9. The van der Waals surface area contributed by atoms with Crippen molar-refractivity contribution >= 4 is 39.7 Å². The second-order valence-electron chi connectivity index (χ2n) is 7.17. The Kier molecular flexibility index (Phi) is 14.3. The molecule has 0 aromatic carbocycles. The van der Waals surface area contributed by atoms with E-state index in [0.717, 1.165) is 11.0 Å². The summed E-state index contributed by atoms with van der Waals surface area (Å²) in [6.07, 6.45) is -0.946. The van der Waals surface area contributed by atoms with Crippen molar-refractivity contribution in [3.63, 3.8) is 0 Å². The zero-order chi connectivity index (χ0) is 25.7. The van der Waals surface area contributed by atoms with Crippen LogP contribution in [0.3, 0.4) is 0 Å². The maximum Gasteiger partial charge on any atom is 0.326 e. The average Bonchev–Trinajstić information content (AvgIpc) is 3.26. The molecule has 2 rings (SSSR count). The van der Waals surface area contributed by atoms with Gasteiger partial charge in [-0.1, -0.05) is 29.8 Å². The third kappa shape index (κ3) is 12.4. The molecule has 4 atom stereocenters. The molecule has 0 aliphatic carbocycles. The topological polar surface area (TPSA) is 124 Å². The first-order valence-electron chi connectivity index (χ1n) is 10.0. The number of carboxylic acids is 2. The molecule has 2 aliphatic heterocycles. The molecule has 2 heterocycles. The molecule has 0 aromatic heterocycles. The lowest BCUT2D eigenvalue weighted by Gasteiger charge is -2.23. The highest BCUT2D eigenvalue weighted by Gasteiger charge is 2.36. The molecule has 2 aliphatic rings. The van der Waals surface area contributed by atoms with Gasteiger partial charge in [0.15, 0.2) is 0 Å². The third-order valence-corrected chi connectivity index (χ3v) is 5.63. The Hall–Kier alpha value is -2.44. The predicted octanol–water partition coefficient (Wildman–Crippen LogP) is 3.63. The van der Waals surface area contributed by atoms with Crippen molar-refractivity contribution < 1.29 is 47.0 Å². The van der Waals surface area contributed by atoms with Crippen LogP contribution in [-0.4, -0.2) is 62.8 Å². The standard InChI is InChI=1S/C10H13F2NO3.C6H7F2NO.C4H7BrO2/c1-2-7(10(15)16)13-5-6(3-8(11)12)4-9(13)14;7-5(8)1-4-2-6(10)9-3-4;1-2-3(5)4(6)7/h3,6-7H,2,4-5H2,1H3,(H,15,16);1,4H,2-3H2,(H,9,10);3H,2H2,1H3,(H,6,7)/t6-,7+;4-;3-/m111/s1. The molecule has 2 saturated heterocycles. The minimum atomic E-state index is -1.83. The molecule has 0 spiro atoms. The summed E-state index contributed by atoms with van der Waals surface area (Å²) >= 11 is 2.94. The van der Waals surface area contributed by atoms with Crippen molar-refractivity contribution in [2.75, 3.05) is 13.1 Å². The van der Waals surface area contributed by atoms with Crippen molar-refractivity contribution in [2.45, 2.75) is 50.4 Å². The molecule has 188 valence electrons. The molecule has 0 saturated carbocycles. The number of carboxylic acid groups (broad SMARTS) is 2. The maximum absolute atomic E-state index is 12.0. The Balaban J connectivity index is 0.000000514. The highest BCUT2D eigenvalue weighted by atomic mass is 79.9. The van der Waals surface area contributed by atoms with Crippen molar-refractivity contribution in [1.29, 1.82) is 0 Å². The summed E-state index contributed by atoms with van der Waals surface area (Å²) in [5.74, 6) is -3.30. The number of hydrogen-bond donors (Lipinski definition) is 3. The lowest BCUT2D eigenvalue weighted by Crippen LogP contribution is -2.41. The van der Waals surface area contributed by atoms with Gasteiger partial charge in [0, 0.05) is 37.8 Å². The minimum Gasteiger partial charge on any atom is -0.480 e. The van der Waals surface area contributed by atoms with E-state index in [1.54, 1.807) is 6.92 Å².